The van der Waals surface area contributed by atoms with E-state index in [2.05, 4.69) is 10.3 Å². The van der Waals surface area contributed by atoms with Crippen LogP contribution in [0.15, 0.2) is 48.5 Å². The van der Waals surface area contributed by atoms with Crippen molar-refractivity contribution in [2.45, 2.75) is 0 Å². The van der Waals surface area contributed by atoms with E-state index in [0.717, 1.165) is 17.1 Å². The van der Waals surface area contributed by atoms with Crippen LogP contribution in [0.2, 0.25) is 10.0 Å². The number of halogens is 2. The Morgan fingerprint density at radius 1 is 1.00 bits per heavy atom. The number of benzene rings is 2. The van der Waals surface area contributed by atoms with Gasteiger partial charge in [-0.05, 0) is 24.3 Å². The monoisotopic (exact) mass is 279 g/mol. The van der Waals surface area contributed by atoms with Gasteiger partial charge in [0.2, 0.25) is 0 Å². The lowest BCUT2D eigenvalue weighted by Crippen LogP contribution is -2.70. The zero-order chi connectivity index (χ0) is 13.0. The van der Waals surface area contributed by atoms with Crippen molar-refractivity contribution >= 4 is 34.7 Å². The molecule has 0 saturated heterocycles. The van der Waals surface area contributed by atoms with E-state index >= 15 is 0 Å². The second-order valence-electron chi connectivity index (χ2n) is 3.74. The molecule has 0 heterocycles. The van der Waals surface area contributed by atoms with Gasteiger partial charge in [0, 0.05) is 6.07 Å². The van der Waals surface area contributed by atoms with Gasteiger partial charge in [0.15, 0.2) is 0 Å². The molecular weight excluding hydrogens is 267 g/mol. The first-order chi connectivity index (χ1) is 8.70. The molecule has 0 aliphatic carbocycles. The van der Waals surface area contributed by atoms with E-state index < -0.39 is 0 Å². The van der Waals surface area contributed by atoms with Crippen molar-refractivity contribution in [2.24, 2.45) is 0 Å². The third-order valence-corrected chi connectivity index (χ3v) is 3.24. The van der Waals surface area contributed by atoms with Crippen LogP contribution in [-0.2, 0) is 0 Å². The van der Waals surface area contributed by atoms with Crippen LogP contribution in [0.3, 0.4) is 0 Å². The summed E-state index contributed by atoms with van der Waals surface area (Å²) in [5.74, 6) is 0.911. The number of hydrogen-bond acceptors (Lipinski definition) is 0. The van der Waals surface area contributed by atoms with Crippen LogP contribution in [0.25, 0.3) is 0 Å². The van der Waals surface area contributed by atoms with Crippen LogP contribution < -0.4 is 10.3 Å². The zero-order valence-electron chi connectivity index (χ0n) is 9.87. The minimum atomic E-state index is 0.533. The summed E-state index contributed by atoms with van der Waals surface area (Å²) < 4.78 is 0. The van der Waals surface area contributed by atoms with Crippen LogP contribution in [-0.4, -0.2) is 12.9 Å². The van der Waals surface area contributed by atoms with Crippen LogP contribution >= 0.6 is 23.2 Å². The van der Waals surface area contributed by atoms with Crippen molar-refractivity contribution in [3.63, 3.8) is 0 Å². The Kier molecular flexibility index (Phi) is 4.24. The maximum absolute atomic E-state index is 5.98. The molecule has 0 aliphatic rings. The Bertz CT molecular complexity index is 565. The molecule has 0 saturated carbocycles. The first kappa shape index (κ1) is 12.9. The van der Waals surface area contributed by atoms with Gasteiger partial charge in [-0.15, -0.1) is 0 Å². The highest BCUT2D eigenvalue weighted by atomic mass is 35.5. The number of hydrogen-bond donors (Lipinski definition) is 2. The van der Waals surface area contributed by atoms with E-state index in [4.69, 9.17) is 23.2 Å². The molecule has 92 valence electrons. The van der Waals surface area contributed by atoms with E-state index in [9.17, 15) is 0 Å². The SMILES string of the molecule is C[NH+]=C(Nc1ccc(Cl)c(Cl)c1)c1ccccc1. The average Bonchev–Trinajstić information content (AvgIpc) is 2.41. The molecular formula is C14H13Cl2N2+. The predicted octanol–water partition coefficient (Wildman–Crippen LogP) is 2.56. The molecule has 0 amide bonds. The van der Waals surface area contributed by atoms with E-state index in [1.165, 1.54) is 0 Å². The van der Waals surface area contributed by atoms with E-state index in [1.54, 1.807) is 12.1 Å². The Hall–Kier alpha value is -1.51. The van der Waals surface area contributed by atoms with Crippen molar-refractivity contribution in [1.82, 2.24) is 0 Å². The van der Waals surface area contributed by atoms with Crippen molar-refractivity contribution in [2.75, 3.05) is 12.4 Å². The molecule has 2 nitrogen and oxygen atoms in total. The molecule has 0 atom stereocenters. The van der Waals surface area contributed by atoms with E-state index in [-0.39, 0.29) is 0 Å². The molecule has 0 aliphatic heterocycles. The number of amidine groups is 1. The maximum Gasteiger partial charge on any atom is 0.279 e. The van der Waals surface area contributed by atoms with Gasteiger partial charge < -0.3 is 0 Å². The fraction of sp³-hybridized carbons (Fsp3) is 0.0714. The fourth-order valence-corrected chi connectivity index (χ4v) is 1.90. The molecule has 0 spiro atoms. The lowest BCUT2D eigenvalue weighted by molar-refractivity contribution is -0.419. The second-order valence-corrected chi connectivity index (χ2v) is 4.56. The molecule has 0 bridgehead atoms. The van der Waals surface area contributed by atoms with Gasteiger partial charge in [-0.2, -0.15) is 0 Å². The van der Waals surface area contributed by atoms with Gasteiger partial charge in [0.25, 0.3) is 5.84 Å². The standard InChI is InChI=1S/C14H12Cl2N2/c1-17-14(10-5-3-2-4-6-10)18-11-7-8-12(15)13(16)9-11/h2-9H,1H3,(H,17,18)/p+1. The van der Waals surface area contributed by atoms with E-state index in [1.807, 2.05) is 43.4 Å². The van der Waals surface area contributed by atoms with E-state index in [0.29, 0.717) is 10.0 Å². The minimum absolute atomic E-state index is 0.533. The highest BCUT2D eigenvalue weighted by Gasteiger charge is 2.10. The average molecular weight is 280 g/mol. The smallest absolute Gasteiger partial charge is 0.277 e. The summed E-state index contributed by atoms with van der Waals surface area (Å²) in [4.78, 5) is 3.13. The quantitative estimate of drug-likeness (QED) is 0.641. The third-order valence-electron chi connectivity index (χ3n) is 2.50. The van der Waals surface area contributed by atoms with Gasteiger partial charge in [-0.25, -0.2) is 5.32 Å². The molecule has 18 heavy (non-hydrogen) atoms. The Morgan fingerprint density at radius 2 is 1.72 bits per heavy atom. The predicted molar refractivity (Wildman–Crippen MR) is 77.5 cm³/mol. The van der Waals surface area contributed by atoms with Crippen molar-refractivity contribution in [3.05, 3.63) is 64.1 Å². The van der Waals surface area contributed by atoms with Crippen molar-refractivity contribution in [1.29, 1.82) is 0 Å². The van der Waals surface area contributed by atoms with Crippen molar-refractivity contribution < 1.29 is 4.99 Å². The summed E-state index contributed by atoms with van der Waals surface area (Å²) >= 11 is 11.9. The normalized spacial score (nSPS) is 11.4. The molecule has 2 N–H and O–H groups in total. The van der Waals surface area contributed by atoms with Crippen LogP contribution in [0.4, 0.5) is 5.69 Å². The molecule has 2 aromatic rings. The van der Waals surface area contributed by atoms with Gasteiger partial charge >= 0.3 is 0 Å². The molecule has 0 unspecified atom stereocenters. The highest BCUT2D eigenvalue weighted by molar-refractivity contribution is 6.42. The summed E-state index contributed by atoms with van der Waals surface area (Å²) in [6.45, 7) is 0. The first-order valence-corrected chi connectivity index (χ1v) is 6.28. The molecule has 0 fully saturated rings. The third kappa shape index (κ3) is 3.03. The Morgan fingerprint density at radius 3 is 2.33 bits per heavy atom. The second kappa shape index (κ2) is 5.89. The van der Waals surface area contributed by atoms with Crippen LogP contribution in [0, 0.1) is 0 Å². The summed E-state index contributed by atoms with van der Waals surface area (Å²) in [6.07, 6.45) is 0. The molecule has 2 aromatic carbocycles. The zero-order valence-corrected chi connectivity index (χ0v) is 11.4. The Balaban J connectivity index is 2.24. The Labute approximate surface area is 116 Å². The molecule has 4 heteroatoms. The molecule has 0 radical (unpaired) electrons. The van der Waals surface area contributed by atoms with Gasteiger partial charge in [-0.3, -0.25) is 4.99 Å². The molecule has 0 aromatic heterocycles. The highest BCUT2D eigenvalue weighted by Crippen LogP contribution is 2.25. The number of nitrogens with one attached hydrogen (secondary N) is 2. The van der Waals surface area contributed by atoms with Crippen molar-refractivity contribution in [3.8, 4) is 0 Å². The lowest BCUT2D eigenvalue weighted by Gasteiger charge is -2.03. The fourth-order valence-electron chi connectivity index (χ4n) is 1.60. The lowest BCUT2D eigenvalue weighted by atomic mass is 10.2. The summed E-state index contributed by atoms with van der Waals surface area (Å²) in [6, 6.07) is 15.5. The number of anilines is 1. The maximum atomic E-state index is 5.98. The largest absolute Gasteiger partial charge is 0.279 e. The minimum Gasteiger partial charge on any atom is -0.277 e. The topological polar surface area (TPSA) is 26.0 Å². The summed E-state index contributed by atoms with van der Waals surface area (Å²) in [5.41, 5.74) is 1.96. The summed E-state index contributed by atoms with van der Waals surface area (Å²) in [7, 11) is 1.87. The van der Waals surface area contributed by atoms with Crippen LogP contribution in [0.1, 0.15) is 5.56 Å². The van der Waals surface area contributed by atoms with Gasteiger partial charge in [0.05, 0.1) is 22.7 Å². The molecule has 2 rings (SSSR count). The van der Waals surface area contributed by atoms with Crippen LogP contribution in [0.5, 0.6) is 0 Å². The number of rotatable bonds is 2. The van der Waals surface area contributed by atoms with Gasteiger partial charge in [0.1, 0.15) is 5.69 Å². The van der Waals surface area contributed by atoms with Gasteiger partial charge in [-0.1, -0.05) is 41.4 Å². The first-order valence-electron chi connectivity index (χ1n) is 5.53. The summed E-state index contributed by atoms with van der Waals surface area (Å²) in [5, 5.41) is 4.36.